The van der Waals surface area contributed by atoms with Crippen molar-refractivity contribution in [2.45, 2.75) is 0 Å². The fourth-order valence-corrected chi connectivity index (χ4v) is 1.84. The van der Waals surface area contributed by atoms with Crippen LogP contribution in [0.5, 0.6) is 0 Å². The number of nitro groups is 1. The van der Waals surface area contributed by atoms with Crippen LogP contribution in [-0.2, 0) is 0 Å². The predicted octanol–water partition coefficient (Wildman–Crippen LogP) is 4.56. The van der Waals surface area contributed by atoms with Crippen molar-refractivity contribution in [1.82, 2.24) is 0 Å². The second kappa shape index (κ2) is 5.02. The van der Waals surface area contributed by atoms with Gasteiger partial charge in [0.25, 0.3) is 5.69 Å². The number of halogens is 1. The summed E-state index contributed by atoms with van der Waals surface area (Å²) in [4.78, 5) is 10.4. The van der Waals surface area contributed by atoms with E-state index < -0.39 is 4.92 Å². The summed E-state index contributed by atoms with van der Waals surface area (Å²) in [5, 5.41) is 11.4. The van der Waals surface area contributed by atoms with E-state index in [1.807, 2.05) is 12.1 Å². The van der Waals surface area contributed by atoms with Crippen LogP contribution >= 0.6 is 11.6 Å². The van der Waals surface area contributed by atoms with Gasteiger partial charge in [-0.15, -0.1) is 0 Å². The van der Waals surface area contributed by atoms with E-state index in [1.165, 1.54) is 6.07 Å². The van der Waals surface area contributed by atoms with Gasteiger partial charge in [0.15, 0.2) is 0 Å². The Bertz CT molecular complexity index is 606. The number of nitro benzene ring substituents is 1. The van der Waals surface area contributed by atoms with E-state index in [0.717, 1.165) is 16.7 Å². The van der Waals surface area contributed by atoms with Crippen LogP contribution in [0.3, 0.4) is 0 Å². The Kier molecular flexibility index (Phi) is 3.44. The monoisotopic (exact) mass is 259 g/mol. The summed E-state index contributed by atoms with van der Waals surface area (Å²) >= 11 is 5.83. The molecule has 0 N–H and O–H groups in total. The summed E-state index contributed by atoms with van der Waals surface area (Å²) in [7, 11) is 0. The first-order chi connectivity index (χ1) is 8.61. The molecular weight excluding hydrogens is 250 g/mol. The summed E-state index contributed by atoms with van der Waals surface area (Å²) in [5.74, 6) is 0. The van der Waals surface area contributed by atoms with E-state index in [2.05, 4.69) is 6.58 Å². The van der Waals surface area contributed by atoms with Gasteiger partial charge in [-0.1, -0.05) is 36.4 Å². The summed E-state index contributed by atoms with van der Waals surface area (Å²) in [6.07, 6.45) is 1.67. The summed E-state index contributed by atoms with van der Waals surface area (Å²) < 4.78 is 0. The third-order valence-electron chi connectivity index (χ3n) is 2.62. The van der Waals surface area contributed by atoms with Crippen molar-refractivity contribution in [3.8, 4) is 11.1 Å². The minimum absolute atomic E-state index is 0.0607. The minimum Gasteiger partial charge on any atom is -0.258 e. The largest absolute Gasteiger partial charge is 0.270 e. The molecule has 0 amide bonds. The first-order valence-corrected chi connectivity index (χ1v) is 5.66. The molecule has 3 nitrogen and oxygen atoms in total. The Labute approximate surface area is 109 Å². The van der Waals surface area contributed by atoms with Crippen LogP contribution < -0.4 is 0 Å². The lowest BCUT2D eigenvalue weighted by Gasteiger charge is -2.06. The van der Waals surface area contributed by atoms with Gasteiger partial charge < -0.3 is 0 Å². The Morgan fingerprint density at radius 1 is 1.17 bits per heavy atom. The molecule has 0 aliphatic carbocycles. The lowest BCUT2D eigenvalue weighted by molar-refractivity contribution is -0.384. The van der Waals surface area contributed by atoms with Crippen LogP contribution in [0.2, 0.25) is 5.02 Å². The van der Waals surface area contributed by atoms with Crippen molar-refractivity contribution in [2.75, 3.05) is 0 Å². The molecule has 18 heavy (non-hydrogen) atoms. The highest BCUT2D eigenvalue weighted by Crippen LogP contribution is 2.29. The van der Waals surface area contributed by atoms with Gasteiger partial charge in [0.1, 0.15) is 0 Å². The molecule has 0 radical (unpaired) electrons. The molecule has 2 aromatic carbocycles. The quantitative estimate of drug-likeness (QED) is 0.599. The van der Waals surface area contributed by atoms with E-state index in [0.29, 0.717) is 5.02 Å². The fourth-order valence-electron chi connectivity index (χ4n) is 1.72. The summed E-state index contributed by atoms with van der Waals surface area (Å²) in [6, 6.07) is 11.9. The highest BCUT2D eigenvalue weighted by Gasteiger charge is 2.10. The molecular formula is C14H10ClNO2. The molecule has 0 heterocycles. The average molecular weight is 260 g/mol. The Morgan fingerprint density at radius 2 is 1.83 bits per heavy atom. The number of benzene rings is 2. The van der Waals surface area contributed by atoms with Crippen molar-refractivity contribution >= 4 is 23.4 Å². The fraction of sp³-hybridized carbons (Fsp3) is 0. The molecule has 0 aromatic heterocycles. The topological polar surface area (TPSA) is 43.1 Å². The maximum absolute atomic E-state index is 10.8. The normalized spacial score (nSPS) is 10.1. The van der Waals surface area contributed by atoms with Crippen LogP contribution in [0.1, 0.15) is 5.56 Å². The molecule has 0 aliphatic heterocycles. The second-order valence-corrected chi connectivity index (χ2v) is 4.18. The predicted molar refractivity (Wildman–Crippen MR) is 73.6 cm³/mol. The molecule has 90 valence electrons. The third kappa shape index (κ3) is 2.41. The maximum Gasteiger partial charge on any atom is 0.270 e. The zero-order valence-electron chi connectivity index (χ0n) is 9.47. The highest BCUT2D eigenvalue weighted by atomic mass is 35.5. The Morgan fingerprint density at radius 3 is 2.39 bits per heavy atom. The van der Waals surface area contributed by atoms with Crippen molar-refractivity contribution in [3.63, 3.8) is 0 Å². The van der Waals surface area contributed by atoms with Gasteiger partial charge in [0.2, 0.25) is 0 Å². The minimum atomic E-state index is -0.410. The lowest BCUT2D eigenvalue weighted by Crippen LogP contribution is -1.90. The van der Waals surface area contributed by atoms with Gasteiger partial charge in [-0.25, -0.2) is 0 Å². The summed E-state index contributed by atoms with van der Waals surface area (Å²) in [6.45, 7) is 3.71. The first-order valence-electron chi connectivity index (χ1n) is 5.28. The number of non-ortho nitro benzene ring substituents is 1. The van der Waals surface area contributed by atoms with Gasteiger partial charge in [-0.2, -0.15) is 0 Å². The van der Waals surface area contributed by atoms with Gasteiger partial charge in [-0.3, -0.25) is 10.1 Å². The standard InChI is InChI=1S/C14H10ClNO2/c1-2-10-5-8-13(16(17)18)9-14(10)11-3-6-12(15)7-4-11/h2-9H,1H2. The first kappa shape index (κ1) is 12.3. The van der Waals surface area contributed by atoms with Crippen molar-refractivity contribution < 1.29 is 4.92 Å². The molecule has 0 bridgehead atoms. The van der Waals surface area contributed by atoms with Gasteiger partial charge in [0.05, 0.1) is 4.92 Å². The van der Waals surface area contributed by atoms with Crippen LogP contribution in [0.15, 0.2) is 49.0 Å². The zero-order chi connectivity index (χ0) is 13.1. The smallest absolute Gasteiger partial charge is 0.258 e. The van der Waals surface area contributed by atoms with Crippen molar-refractivity contribution in [2.24, 2.45) is 0 Å². The van der Waals surface area contributed by atoms with E-state index in [-0.39, 0.29) is 5.69 Å². The number of rotatable bonds is 3. The highest BCUT2D eigenvalue weighted by molar-refractivity contribution is 6.30. The molecule has 0 saturated carbocycles. The van der Waals surface area contributed by atoms with Gasteiger partial charge >= 0.3 is 0 Å². The average Bonchev–Trinajstić information content (AvgIpc) is 2.39. The van der Waals surface area contributed by atoms with Gasteiger partial charge in [0, 0.05) is 17.2 Å². The molecule has 2 aromatic rings. The second-order valence-electron chi connectivity index (χ2n) is 3.74. The van der Waals surface area contributed by atoms with Crippen LogP contribution in [0, 0.1) is 10.1 Å². The number of nitrogens with zero attached hydrogens (tertiary/aromatic N) is 1. The van der Waals surface area contributed by atoms with E-state index in [1.54, 1.807) is 30.3 Å². The number of hydrogen-bond donors (Lipinski definition) is 0. The molecule has 0 saturated heterocycles. The molecule has 2 rings (SSSR count). The zero-order valence-corrected chi connectivity index (χ0v) is 10.2. The van der Waals surface area contributed by atoms with Crippen molar-refractivity contribution in [1.29, 1.82) is 0 Å². The lowest BCUT2D eigenvalue weighted by atomic mass is 9.99. The maximum atomic E-state index is 10.8. The van der Waals surface area contributed by atoms with Crippen LogP contribution in [0.25, 0.3) is 17.2 Å². The summed E-state index contributed by atoms with van der Waals surface area (Å²) in [5.41, 5.74) is 2.56. The molecule has 0 fully saturated rings. The van der Waals surface area contributed by atoms with Crippen molar-refractivity contribution in [3.05, 3.63) is 69.7 Å². The SMILES string of the molecule is C=Cc1ccc([N+](=O)[O-])cc1-c1ccc(Cl)cc1. The number of hydrogen-bond acceptors (Lipinski definition) is 2. The van der Waals surface area contributed by atoms with Crippen LogP contribution in [0.4, 0.5) is 5.69 Å². The molecule has 0 aliphatic rings. The van der Waals surface area contributed by atoms with Crippen LogP contribution in [-0.4, -0.2) is 4.92 Å². The molecule has 0 atom stereocenters. The Hall–Kier alpha value is -2.13. The van der Waals surface area contributed by atoms with Gasteiger partial charge in [-0.05, 0) is 34.9 Å². The van der Waals surface area contributed by atoms with E-state index in [9.17, 15) is 10.1 Å². The van der Waals surface area contributed by atoms with E-state index >= 15 is 0 Å². The van der Waals surface area contributed by atoms with E-state index in [4.69, 9.17) is 11.6 Å². The molecule has 4 heteroatoms. The third-order valence-corrected chi connectivity index (χ3v) is 2.87. The molecule has 0 spiro atoms. The molecule has 0 unspecified atom stereocenters. The Balaban J connectivity index is 2.60.